The van der Waals surface area contributed by atoms with E-state index >= 15 is 0 Å². The lowest BCUT2D eigenvalue weighted by Gasteiger charge is -2.38. The Labute approximate surface area is 160 Å². The second kappa shape index (κ2) is 7.64. The van der Waals surface area contributed by atoms with Gasteiger partial charge in [-0.05, 0) is 23.8 Å². The minimum atomic E-state index is -4.79. The molecule has 5 nitrogen and oxygen atoms in total. The summed E-state index contributed by atoms with van der Waals surface area (Å²) in [6, 6.07) is 3.17. The molecule has 29 heavy (non-hydrogen) atoms. The van der Waals surface area contributed by atoms with Crippen molar-refractivity contribution in [2.24, 2.45) is 0 Å². The standard InChI is InChI=1S/C18H13F6N3O2/c19-12-6-9(3-4-11(12)17(29)25-8-14(20)21)10-2-1-5-27-15(28)7-13(18(22,23)24)26-16(10)27/h1-7,14,16,26H,8H2,(H,25,29). The molecule has 1 aromatic rings. The van der Waals surface area contributed by atoms with Crippen LogP contribution in [0.5, 0.6) is 0 Å². The van der Waals surface area contributed by atoms with Gasteiger partial charge < -0.3 is 10.6 Å². The predicted octanol–water partition coefficient (Wildman–Crippen LogP) is 2.94. The van der Waals surface area contributed by atoms with E-state index in [1.54, 1.807) is 0 Å². The molecule has 0 bridgehead atoms. The molecule has 0 radical (unpaired) electrons. The van der Waals surface area contributed by atoms with Crippen LogP contribution in [-0.2, 0) is 4.79 Å². The molecular weight excluding hydrogens is 404 g/mol. The molecule has 1 aromatic carbocycles. The summed E-state index contributed by atoms with van der Waals surface area (Å²) in [4.78, 5) is 24.8. The largest absolute Gasteiger partial charge is 0.431 e. The Hall–Kier alpha value is -3.24. The van der Waals surface area contributed by atoms with Crippen LogP contribution in [0.2, 0.25) is 0 Å². The van der Waals surface area contributed by atoms with Crippen molar-refractivity contribution in [3.8, 4) is 0 Å². The van der Waals surface area contributed by atoms with Gasteiger partial charge in [-0.2, -0.15) is 13.2 Å². The molecule has 0 saturated heterocycles. The zero-order valence-electron chi connectivity index (χ0n) is 14.4. The fraction of sp³-hybridized carbons (Fsp3) is 0.222. The lowest BCUT2D eigenvalue weighted by Crippen LogP contribution is -2.52. The molecule has 2 N–H and O–H groups in total. The average molecular weight is 417 g/mol. The third kappa shape index (κ3) is 4.28. The van der Waals surface area contributed by atoms with E-state index in [0.29, 0.717) is 6.08 Å². The molecule has 0 fully saturated rings. The molecule has 2 aliphatic heterocycles. The topological polar surface area (TPSA) is 61.4 Å². The Bertz CT molecular complexity index is 936. The number of nitrogens with zero attached hydrogens (tertiary/aromatic N) is 1. The fourth-order valence-electron chi connectivity index (χ4n) is 2.86. The van der Waals surface area contributed by atoms with Gasteiger partial charge in [-0.25, -0.2) is 13.2 Å². The van der Waals surface area contributed by atoms with Crippen LogP contribution < -0.4 is 10.6 Å². The van der Waals surface area contributed by atoms with Crippen LogP contribution in [0.25, 0.3) is 5.57 Å². The molecule has 154 valence electrons. The molecule has 0 spiro atoms. The maximum atomic E-state index is 14.4. The number of fused-ring (bicyclic) bond motifs is 1. The number of carbonyl (C=O) groups excluding carboxylic acids is 2. The van der Waals surface area contributed by atoms with E-state index in [1.165, 1.54) is 24.4 Å². The summed E-state index contributed by atoms with van der Waals surface area (Å²) in [5.41, 5.74) is -1.49. The number of amides is 2. The van der Waals surface area contributed by atoms with Crippen LogP contribution in [-0.4, -0.2) is 42.0 Å². The molecule has 0 aromatic heterocycles. The van der Waals surface area contributed by atoms with Gasteiger partial charge in [0, 0.05) is 17.8 Å². The summed E-state index contributed by atoms with van der Waals surface area (Å²) < 4.78 is 77.8. The normalized spacial score (nSPS) is 18.8. The van der Waals surface area contributed by atoms with Crippen molar-refractivity contribution in [1.82, 2.24) is 15.5 Å². The molecular formula is C18H13F6N3O2. The van der Waals surface area contributed by atoms with Crippen LogP contribution in [0.15, 0.2) is 48.3 Å². The summed E-state index contributed by atoms with van der Waals surface area (Å²) in [5.74, 6) is -3.02. The summed E-state index contributed by atoms with van der Waals surface area (Å²) >= 11 is 0. The number of carbonyl (C=O) groups is 2. The zero-order chi connectivity index (χ0) is 21.3. The molecule has 0 aliphatic carbocycles. The third-order valence-corrected chi connectivity index (χ3v) is 4.18. The highest BCUT2D eigenvalue weighted by molar-refractivity contribution is 5.96. The highest BCUT2D eigenvalue weighted by Crippen LogP contribution is 2.33. The number of hydrogen-bond donors (Lipinski definition) is 2. The van der Waals surface area contributed by atoms with Gasteiger partial charge in [0.15, 0.2) is 0 Å². The van der Waals surface area contributed by atoms with Crippen molar-refractivity contribution in [1.29, 1.82) is 0 Å². The number of hydrogen-bond acceptors (Lipinski definition) is 3. The summed E-state index contributed by atoms with van der Waals surface area (Å²) in [7, 11) is 0. The maximum Gasteiger partial charge on any atom is 0.431 e. The molecule has 3 rings (SSSR count). The van der Waals surface area contributed by atoms with Crippen LogP contribution >= 0.6 is 0 Å². The second-order valence-corrected chi connectivity index (χ2v) is 6.11. The first kappa shape index (κ1) is 20.5. The van der Waals surface area contributed by atoms with Gasteiger partial charge in [-0.1, -0.05) is 12.1 Å². The van der Waals surface area contributed by atoms with Gasteiger partial charge in [-0.3, -0.25) is 14.5 Å². The molecule has 2 amide bonds. The van der Waals surface area contributed by atoms with E-state index in [4.69, 9.17) is 0 Å². The van der Waals surface area contributed by atoms with E-state index in [-0.39, 0.29) is 11.1 Å². The zero-order valence-corrected chi connectivity index (χ0v) is 14.4. The number of alkyl halides is 5. The van der Waals surface area contributed by atoms with Crippen molar-refractivity contribution in [3.05, 3.63) is 65.3 Å². The SMILES string of the molecule is O=C(NCC(F)F)c1ccc(C2=CC=CN3C(=O)C=C(C(F)(F)F)NC23)cc1F. The van der Waals surface area contributed by atoms with E-state index < -0.39 is 54.2 Å². The van der Waals surface area contributed by atoms with Crippen molar-refractivity contribution in [2.45, 2.75) is 18.8 Å². The minimum Gasteiger partial charge on any atom is -0.357 e. The first-order valence-corrected chi connectivity index (χ1v) is 8.20. The number of allylic oxidation sites excluding steroid dienone is 3. The molecule has 1 unspecified atom stereocenters. The fourth-order valence-corrected chi connectivity index (χ4v) is 2.86. The van der Waals surface area contributed by atoms with E-state index in [9.17, 15) is 35.9 Å². The van der Waals surface area contributed by atoms with Crippen LogP contribution in [0.3, 0.4) is 0 Å². The van der Waals surface area contributed by atoms with E-state index in [1.807, 2.05) is 5.32 Å². The number of halogens is 6. The van der Waals surface area contributed by atoms with Crippen molar-refractivity contribution < 1.29 is 35.9 Å². The first-order valence-electron chi connectivity index (χ1n) is 8.20. The highest BCUT2D eigenvalue weighted by Gasteiger charge is 2.42. The molecule has 1 atom stereocenters. The van der Waals surface area contributed by atoms with Gasteiger partial charge in [0.2, 0.25) is 0 Å². The molecule has 11 heteroatoms. The van der Waals surface area contributed by atoms with Gasteiger partial charge in [-0.15, -0.1) is 0 Å². The lowest BCUT2D eigenvalue weighted by atomic mass is 9.96. The lowest BCUT2D eigenvalue weighted by molar-refractivity contribution is -0.130. The average Bonchev–Trinajstić information content (AvgIpc) is 2.64. The monoisotopic (exact) mass is 417 g/mol. The summed E-state index contributed by atoms with van der Waals surface area (Å²) in [6.07, 6.45) is -4.35. The summed E-state index contributed by atoms with van der Waals surface area (Å²) in [6.45, 7) is -0.953. The smallest absolute Gasteiger partial charge is 0.357 e. The highest BCUT2D eigenvalue weighted by atomic mass is 19.4. The molecule has 2 aliphatic rings. The maximum absolute atomic E-state index is 14.4. The van der Waals surface area contributed by atoms with E-state index in [0.717, 1.165) is 17.0 Å². The van der Waals surface area contributed by atoms with Crippen LogP contribution in [0.1, 0.15) is 15.9 Å². The van der Waals surface area contributed by atoms with Gasteiger partial charge in [0.25, 0.3) is 18.2 Å². The second-order valence-electron chi connectivity index (χ2n) is 6.11. The Morgan fingerprint density at radius 1 is 1.28 bits per heavy atom. The molecule has 2 heterocycles. The third-order valence-electron chi connectivity index (χ3n) is 4.18. The minimum absolute atomic E-state index is 0.107. The number of benzene rings is 1. The van der Waals surface area contributed by atoms with Crippen molar-refractivity contribution >= 4 is 17.4 Å². The van der Waals surface area contributed by atoms with Crippen LogP contribution in [0, 0.1) is 5.82 Å². The number of rotatable bonds is 4. The van der Waals surface area contributed by atoms with Gasteiger partial charge in [0.05, 0.1) is 12.1 Å². The number of nitrogens with one attached hydrogen (secondary N) is 2. The Morgan fingerprint density at radius 3 is 2.62 bits per heavy atom. The molecule has 0 saturated carbocycles. The van der Waals surface area contributed by atoms with E-state index in [2.05, 4.69) is 5.32 Å². The quantitative estimate of drug-likeness (QED) is 0.741. The Morgan fingerprint density at radius 2 is 2.00 bits per heavy atom. The van der Waals surface area contributed by atoms with Crippen molar-refractivity contribution in [2.75, 3.05) is 6.54 Å². The van der Waals surface area contributed by atoms with Crippen LogP contribution in [0.4, 0.5) is 26.3 Å². The predicted molar refractivity (Wildman–Crippen MR) is 89.8 cm³/mol. The first-order chi connectivity index (χ1) is 13.6. The summed E-state index contributed by atoms with van der Waals surface area (Å²) in [5, 5.41) is 4.06. The van der Waals surface area contributed by atoms with Gasteiger partial charge in [0.1, 0.15) is 17.7 Å². The Balaban J connectivity index is 1.89. The van der Waals surface area contributed by atoms with Crippen molar-refractivity contribution in [3.63, 3.8) is 0 Å². The Kier molecular flexibility index (Phi) is 5.40. The van der Waals surface area contributed by atoms with Gasteiger partial charge >= 0.3 is 6.18 Å².